The zero-order valence-corrected chi connectivity index (χ0v) is 19.9. The smallest absolute Gasteiger partial charge is 0.251 e. The van der Waals surface area contributed by atoms with E-state index < -0.39 is 0 Å². The van der Waals surface area contributed by atoms with E-state index in [4.69, 9.17) is 16.6 Å². The van der Waals surface area contributed by atoms with Crippen molar-refractivity contribution >= 4 is 34.4 Å². The Morgan fingerprint density at radius 3 is 2.34 bits per heavy atom. The summed E-state index contributed by atoms with van der Waals surface area (Å²) in [6.07, 6.45) is 1.38. The first-order valence-corrected chi connectivity index (χ1v) is 11.4. The molecule has 0 saturated heterocycles. The number of amides is 2. The van der Waals surface area contributed by atoms with Gasteiger partial charge in [0.1, 0.15) is 12.4 Å². The molecule has 0 fully saturated rings. The van der Waals surface area contributed by atoms with E-state index in [1.807, 2.05) is 61.4 Å². The summed E-state index contributed by atoms with van der Waals surface area (Å²) in [4.78, 5) is 32.1. The number of nitrogens with zero attached hydrogens (tertiary/aromatic N) is 3. The monoisotopic (exact) mass is 454 g/mol. The van der Waals surface area contributed by atoms with Crippen LogP contribution in [0.15, 0.2) is 48.5 Å². The fraction of sp³-hybridized carbons (Fsp3) is 0.400. The Morgan fingerprint density at radius 2 is 1.69 bits per heavy atom. The summed E-state index contributed by atoms with van der Waals surface area (Å²) in [5.74, 6) is 0.804. The van der Waals surface area contributed by atoms with Gasteiger partial charge in [-0.1, -0.05) is 23.7 Å². The molecule has 0 unspecified atom stereocenters. The molecule has 1 aromatic heterocycles. The topological polar surface area (TPSA) is 67.2 Å². The minimum absolute atomic E-state index is 0.0791. The third-order valence-electron chi connectivity index (χ3n) is 5.40. The summed E-state index contributed by atoms with van der Waals surface area (Å²) >= 11 is 5.88. The van der Waals surface area contributed by atoms with Gasteiger partial charge < -0.3 is 14.8 Å². The van der Waals surface area contributed by atoms with Gasteiger partial charge in [0, 0.05) is 35.6 Å². The zero-order valence-electron chi connectivity index (χ0n) is 19.1. The molecule has 0 spiro atoms. The number of aryl methyl sites for hydroxylation is 1. The Kier molecular flexibility index (Phi) is 7.91. The van der Waals surface area contributed by atoms with Crippen molar-refractivity contribution in [1.29, 1.82) is 0 Å². The third kappa shape index (κ3) is 5.68. The maximum atomic E-state index is 13.1. The lowest BCUT2D eigenvalue weighted by atomic mass is 10.2. The van der Waals surface area contributed by atoms with Crippen LogP contribution in [0.2, 0.25) is 5.02 Å². The SMILES string of the molecule is CC(C)N(C(=O)Cn1c(CCCNC(=O)c2ccc(Cl)cc2)nc2ccccc21)C(C)C. The highest BCUT2D eigenvalue weighted by Gasteiger charge is 2.22. The Labute approximate surface area is 194 Å². The predicted molar refractivity (Wildman–Crippen MR) is 129 cm³/mol. The maximum Gasteiger partial charge on any atom is 0.251 e. The molecule has 0 atom stereocenters. The van der Waals surface area contributed by atoms with E-state index in [2.05, 4.69) is 5.32 Å². The molecule has 1 heterocycles. The number of nitrogens with one attached hydrogen (secondary N) is 1. The van der Waals surface area contributed by atoms with Gasteiger partial charge in [-0.25, -0.2) is 4.98 Å². The summed E-state index contributed by atoms with van der Waals surface area (Å²) in [5, 5.41) is 3.54. The number of rotatable bonds is 9. The highest BCUT2D eigenvalue weighted by molar-refractivity contribution is 6.30. The molecule has 6 nitrogen and oxygen atoms in total. The molecule has 0 aliphatic heterocycles. The summed E-state index contributed by atoms with van der Waals surface area (Å²) in [7, 11) is 0. The standard InChI is InChI=1S/C25H31ClN4O2/c1-17(2)30(18(3)4)24(31)16-29-22-9-6-5-8-21(22)28-23(29)10-7-15-27-25(32)19-11-13-20(26)14-12-19/h5-6,8-9,11-14,17-18H,7,10,15-16H2,1-4H3,(H,27,32). The molecular formula is C25H31ClN4O2. The van der Waals surface area contributed by atoms with Crippen molar-refractivity contribution < 1.29 is 9.59 Å². The van der Waals surface area contributed by atoms with Crippen molar-refractivity contribution in [3.63, 3.8) is 0 Å². The first-order valence-electron chi connectivity index (χ1n) is 11.1. The highest BCUT2D eigenvalue weighted by atomic mass is 35.5. The lowest BCUT2D eigenvalue weighted by molar-refractivity contribution is -0.135. The van der Waals surface area contributed by atoms with Crippen LogP contribution in [0.3, 0.4) is 0 Å². The van der Waals surface area contributed by atoms with Gasteiger partial charge in [0.05, 0.1) is 11.0 Å². The average Bonchev–Trinajstić information content (AvgIpc) is 3.08. The number of aromatic nitrogens is 2. The molecule has 0 bridgehead atoms. The molecule has 0 aliphatic carbocycles. The van der Waals surface area contributed by atoms with E-state index in [0.29, 0.717) is 23.6 Å². The van der Waals surface area contributed by atoms with Crippen LogP contribution in [0.4, 0.5) is 0 Å². The van der Waals surface area contributed by atoms with Crippen LogP contribution in [-0.4, -0.2) is 44.9 Å². The minimum atomic E-state index is -0.130. The molecule has 3 rings (SSSR count). The van der Waals surface area contributed by atoms with Crippen LogP contribution >= 0.6 is 11.6 Å². The molecule has 2 aromatic carbocycles. The van der Waals surface area contributed by atoms with E-state index in [0.717, 1.165) is 23.3 Å². The molecule has 2 amide bonds. The van der Waals surface area contributed by atoms with Crippen LogP contribution in [0, 0.1) is 0 Å². The van der Waals surface area contributed by atoms with Gasteiger partial charge in [0.15, 0.2) is 0 Å². The lowest BCUT2D eigenvalue weighted by Gasteiger charge is -2.31. The molecule has 7 heteroatoms. The number of benzene rings is 2. The molecule has 0 saturated carbocycles. The number of halogens is 1. The summed E-state index contributed by atoms with van der Waals surface area (Å²) < 4.78 is 2.01. The van der Waals surface area contributed by atoms with E-state index in [-0.39, 0.29) is 30.4 Å². The second kappa shape index (κ2) is 10.6. The third-order valence-corrected chi connectivity index (χ3v) is 5.65. The minimum Gasteiger partial charge on any atom is -0.352 e. The van der Waals surface area contributed by atoms with E-state index >= 15 is 0 Å². The number of carbonyl (C=O) groups is 2. The van der Waals surface area contributed by atoms with Crippen molar-refractivity contribution in [2.24, 2.45) is 0 Å². The Morgan fingerprint density at radius 1 is 1.03 bits per heavy atom. The zero-order chi connectivity index (χ0) is 23.3. The lowest BCUT2D eigenvalue weighted by Crippen LogP contribution is -2.43. The first-order chi connectivity index (χ1) is 15.3. The summed E-state index contributed by atoms with van der Waals surface area (Å²) in [6.45, 7) is 8.91. The van der Waals surface area contributed by atoms with Crippen molar-refractivity contribution in [1.82, 2.24) is 19.8 Å². The van der Waals surface area contributed by atoms with Crippen LogP contribution < -0.4 is 5.32 Å². The van der Waals surface area contributed by atoms with Crippen LogP contribution in [0.5, 0.6) is 0 Å². The normalized spacial score (nSPS) is 11.3. The molecular weight excluding hydrogens is 424 g/mol. The van der Waals surface area contributed by atoms with Gasteiger partial charge >= 0.3 is 0 Å². The number of carbonyl (C=O) groups excluding carboxylic acids is 2. The summed E-state index contributed by atoms with van der Waals surface area (Å²) in [6, 6.07) is 14.9. The fourth-order valence-electron chi connectivity index (χ4n) is 4.03. The number of hydrogen-bond acceptors (Lipinski definition) is 3. The van der Waals surface area contributed by atoms with Crippen molar-refractivity contribution in [3.05, 3.63) is 64.9 Å². The Balaban J connectivity index is 1.69. The molecule has 3 aromatic rings. The first kappa shape index (κ1) is 23.8. The van der Waals surface area contributed by atoms with Crippen molar-refractivity contribution in [2.45, 2.75) is 59.2 Å². The molecule has 170 valence electrons. The second-order valence-corrected chi connectivity index (χ2v) is 8.89. The Bertz CT molecular complexity index is 1070. The maximum absolute atomic E-state index is 13.1. The number of imidazole rings is 1. The number of hydrogen-bond donors (Lipinski definition) is 1. The van der Waals surface area contributed by atoms with Gasteiger partial charge in [-0.05, 0) is 70.5 Å². The largest absolute Gasteiger partial charge is 0.352 e. The van der Waals surface area contributed by atoms with Crippen molar-refractivity contribution in [2.75, 3.05) is 6.54 Å². The van der Waals surface area contributed by atoms with E-state index in [9.17, 15) is 9.59 Å². The molecule has 1 N–H and O–H groups in total. The predicted octanol–water partition coefficient (Wildman–Crippen LogP) is 4.70. The Hall–Kier alpha value is -2.86. The fourth-order valence-corrected chi connectivity index (χ4v) is 4.16. The van der Waals surface area contributed by atoms with Gasteiger partial charge in [-0.3, -0.25) is 9.59 Å². The summed E-state index contributed by atoms with van der Waals surface area (Å²) in [5.41, 5.74) is 2.41. The molecule has 32 heavy (non-hydrogen) atoms. The van der Waals surface area contributed by atoms with Gasteiger partial charge in [0.2, 0.25) is 5.91 Å². The second-order valence-electron chi connectivity index (χ2n) is 8.46. The average molecular weight is 455 g/mol. The highest BCUT2D eigenvalue weighted by Crippen LogP contribution is 2.18. The van der Waals surface area contributed by atoms with E-state index in [1.165, 1.54) is 0 Å². The quantitative estimate of drug-likeness (QED) is 0.476. The van der Waals surface area contributed by atoms with Crippen LogP contribution in [-0.2, 0) is 17.8 Å². The number of fused-ring (bicyclic) bond motifs is 1. The van der Waals surface area contributed by atoms with Crippen LogP contribution in [0.1, 0.15) is 50.3 Å². The van der Waals surface area contributed by atoms with Gasteiger partial charge in [0.25, 0.3) is 5.91 Å². The van der Waals surface area contributed by atoms with Gasteiger partial charge in [-0.2, -0.15) is 0 Å². The van der Waals surface area contributed by atoms with Crippen LogP contribution in [0.25, 0.3) is 11.0 Å². The van der Waals surface area contributed by atoms with Crippen molar-refractivity contribution in [3.8, 4) is 0 Å². The molecule has 0 aliphatic rings. The molecule has 0 radical (unpaired) electrons. The number of para-hydroxylation sites is 2. The van der Waals surface area contributed by atoms with E-state index in [1.54, 1.807) is 24.3 Å². The van der Waals surface area contributed by atoms with Gasteiger partial charge in [-0.15, -0.1) is 0 Å².